The molecule has 1 aliphatic rings. The molecule has 1 aliphatic heterocycles. The SMILES string of the molecule is O=C1NC(=O)[C@@](Cc2ccc(OCC(=O)c3ccccc3Cl)cc2)(C(=O)OCc2ccccc2)S1. The first kappa shape index (κ1) is 24.5. The van der Waals surface area contributed by atoms with Crippen LogP contribution in [0.3, 0.4) is 0 Å². The lowest BCUT2D eigenvalue weighted by atomic mass is 9.97. The van der Waals surface area contributed by atoms with Crippen LogP contribution in [-0.4, -0.2) is 34.3 Å². The second-order valence-electron chi connectivity index (χ2n) is 7.74. The maximum Gasteiger partial charge on any atom is 0.333 e. The van der Waals surface area contributed by atoms with E-state index >= 15 is 0 Å². The summed E-state index contributed by atoms with van der Waals surface area (Å²) in [6, 6.07) is 22.3. The molecule has 7 nitrogen and oxygen atoms in total. The second kappa shape index (κ2) is 10.8. The molecule has 0 radical (unpaired) electrons. The van der Waals surface area contributed by atoms with Crippen molar-refractivity contribution in [2.75, 3.05) is 6.61 Å². The van der Waals surface area contributed by atoms with Crippen LogP contribution in [-0.2, 0) is 27.4 Å². The van der Waals surface area contributed by atoms with Gasteiger partial charge in [0.05, 0.1) is 5.02 Å². The van der Waals surface area contributed by atoms with Crippen LogP contribution < -0.4 is 10.1 Å². The topological polar surface area (TPSA) is 98.8 Å². The first-order valence-electron chi connectivity index (χ1n) is 10.6. The number of imide groups is 1. The third-order valence-electron chi connectivity index (χ3n) is 5.31. The molecule has 0 saturated carbocycles. The highest BCUT2D eigenvalue weighted by Gasteiger charge is 2.55. The fourth-order valence-corrected chi connectivity index (χ4v) is 4.72. The van der Waals surface area contributed by atoms with Crippen molar-refractivity contribution in [1.29, 1.82) is 0 Å². The summed E-state index contributed by atoms with van der Waals surface area (Å²) in [4.78, 5) is 49.9. The molecule has 0 aromatic heterocycles. The van der Waals surface area contributed by atoms with Crippen LogP contribution in [0.1, 0.15) is 21.5 Å². The summed E-state index contributed by atoms with van der Waals surface area (Å²) in [6.45, 7) is -0.221. The molecule has 35 heavy (non-hydrogen) atoms. The molecular weight excluding hydrogens is 490 g/mol. The average molecular weight is 510 g/mol. The van der Waals surface area contributed by atoms with Crippen molar-refractivity contribution in [2.45, 2.75) is 17.8 Å². The molecule has 0 bridgehead atoms. The van der Waals surface area contributed by atoms with Crippen molar-refractivity contribution in [3.63, 3.8) is 0 Å². The molecule has 3 aromatic rings. The molecule has 0 aliphatic carbocycles. The minimum atomic E-state index is -1.73. The summed E-state index contributed by atoms with van der Waals surface area (Å²) in [7, 11) is 0. The Morgan fingerprint density at radius 2 is 1.57 bits per heavy atom. The van der Waals surface area contributed by atoms with Gasteiger partial charge in [0, 0.05) is 12.0 Å². The predicted molar refractivity (Wildman–Crippen MR) is 132 cm³/mol. The molecule has 1 saturated heterocycles. The minimum absolute atomic E-state index is 0.0182. The number of amides is 2. The Kier molecular flexibility index (Phi) is 7.53. The largest absolute Gasteiger partial charge is 0.485 e. The number of ether oxygens (including phenoxy) is 2. The number of Topliss-reactive ketones (excluding diaryl/α,β-unsaturated/α-hetero) is 1. The number of carbonyl (C=O) groups is 4. The summed E-state index contributed by atoms with van der Waals surface area (Å²) >= 11 is 6.66. The molecule has 0 spiro atoms. The van der Waals surface area contributed by atoms with Crippen LogP contribution in [0.25, 0.3) is 0 Å². The molecule has 4 rings (SSSR count). The predicted octanol–water partition coefficient (Wildman–Crippen LogP) is 4.61. The molecule has 1 heterocycles. The van der Waals surface area contributed by atoms with Gasteiger partial charge in [-0.05, 0) is 47.2 Å². The monoisotopic (exact) mass is 509 g/mol. The molecule has 178 valence electrons. The molecule has 1 fully saturated rings. The highest BCUT2D eigenvalue weighted by molar-refractivity contribution is 8.16. The van der Waals surface area contributed by atoms with E-state index < -0.39 is 21.9 Å². The van der Waals surface area contributed by atoms with Gasteiger partial charge in [-0.1, -0.05) is 66.2 Å². The first-order chi connectivity index (χ1) is 16.9. The normalized spacial score (nSPS) is 17.1. The Labute approximate surface area is 210 Å². The highest BCUT2D eigenvalue weighted by atomic mass is 35.5. The third kappa shape index (κ3) is 5.72. The van der Waals surface area contributed by atoms with Crippen LogP contribution in [0.2, 0.25) is 5.02 Å². The average Bonchev–Trinajstić information content (AvgIpc) is 3.16. The number of rotatable bonds is 9. The molecule has 0 unspecified atom stereocenters. The zero-order valence-electron chi connectivity index (χ0n) is 18.4. The Balaban J connectivity index is 1.42. The summed E-state index contributed by atoms with van der Waals surface area (Å²) in [6.07, 6.45) is -0.0539. The number of hydrogen-bond donors (Lipinski definition) is 1. The number of ketones is 1. The van der Waals surface area contributed by atoms with Gasteiger partial charge in [-0.2, -0.15) is 0 Å². The fraction of sp³-hybridized carbons (Fsp3) is 0.154. The second-order valence-corrected chi connectivity index (χ2v) is 9.42. The Bertz CT molecular complexity index is 1260. The number of carbonyl (C=O) groups excluding carboxylic acids is 4. The van der Waals surface area contributed by atoms with Gasteiger partial charge < -0.3 is 9.47 Å². The molecule has 3 aromatic carbocycles. The molecule has 9 heteroatoms. The van der Waals surface area contributed by atoms with Crippen molar-refractivity contribution in [2.24, 2.45) is 0 Å². The van der Waals surface area contributed by atoms with E-state index in [0.29, 0.717) is 33.7 Å². The van der Waals surface area contributed by atoms with Gasteiger partial charge in [0.25, 0.3) is 11.1 Å². The summed E-state index contributed by atoms with van der Waals surface area (Å²) in [5.41, 5.74) is 1.75. The van der Waals surface area contributed by atoms with E-state index in [4.69, 9.17) is 21.1 Å². The third-order valence-corrected chi connectivity index (χ3v) is 6.77. The van der Waals surface area contributed by atoms with E-state index in [0.717, 1.165) is 5.56 Å². The summed E-state index contributed by atoms with van der Waals surface area (Å²) < 4.78 is 9.24. The van der Waals surface area contributed by atoms with Crippen molar-refractivity contribution >= 4 is 46.3 Å². The van der Waals surface area contributed by atoms with Crippen LogP contribution >= 0.6 is 23.4 Å². The smallest absolute Gasteiger partial charge is 0.333 e. The highest BCUT2D eigenvalue weighted by Crippen LogP contribution is 2.37. The lowest BCUT2D eigenvalue weighted by Gasteiger charge is -2.22. The summed E-state index contributed by atoms with van der Waals surface area (Å²) in [5.74, 6) is -1.34. The summed E-state index contributed by atoms with van der Waals surface area (Å²) in [5, 5.41) is 1.93. The van der Waals surface area contributed by atoms with Crippen molar-refractivity contribution in [1.82, 2.24) is 5.32 Å². The van der Waals surface area contributed by atoms with Gasteiger partial charge in [0.2, 0.25) is 10.5 Å². The van der Waals surface area contributed by atoms with Gasteiger partial charge >= 0.3 is 5.97 Å². The van der Waals surface area contributed by atoms with E-state index in [2.05, 4.69) is 5.32 Å². The van der Waals surface area contributed by atoms with E-state index in [9.17, 15) is 19.2 Å². The fourth-order valence-electron chi connectivity index (χ4n) is 3.49. The van der Waals surface area contributed by atoms with E-state index in [1.807, 2.05) is 18.2 Å². The van der Waals surface area contributed by atoms with Crippen LogP contribution in [0.15, 0.2) is 78.9 Å². The zero-order chi connectivity index (χ0) is 24.8. The maximum absolute atomic E-state index is 13.0. The number of thioether (sulfide) groups is 1. The van der Waals surface area contributed by atoms with Crippen LogP contribution in [0.4, 0.5) is 4.79 Å². The van der Waals surface area contributed by atoms with Gasteiger partial charge in [0.15, 0.2) is 6.61 Å². The van der Waals surface area contributed by atoms with Crippen molar-refractivity contribution < 1.29 is 28.7 Å². The van der Waals surface area contributed by atoms with Gasteiger partial charge in [-0.25, -0.2) is 4.79 Å². The quantitative estimate of drug-likeness (QED) is 0.255. The molecular formula is C26H20ClNO6S. The van der Waals surface area contributed by atoms with Crippen LogP contribution in [0, 0.1) is 0 Å². The lowest BCUT2D eigenvalue weighted by Crippen LogP contribution is -2.46. The number of benzene rings is 3. The van der Waals surface area contributed by atoms with E-state index in [1.54, 1.807) is 60.7 Å². The molecule has 1 atom stereocenters. The van der Waals surface area contributed by atoms with Crippen molar-refractivity contribution in [3.8, 4) is 5.75 Å². The van der Waals surface area contributed by atoms with E-state index in [-0.39, 0.29) is 25.4 Å². The number of esters is 1. The van der Waals surface area contributed by atoms with Gasteiger partial charge in [-0.3, -0.25) is 19.7 Å². The first-order valence-corrected chi connectivity index (χ1v) is 11.8. The zero-order valence-corrected chi connectivity index (χ0v) is 19.9. The Morgan fingerprint density at radius 3 is 2.23 bits per heavy atom. The van der Waals surface area contributed by atoms with Gasteiger partial charge in [-0.15, -0.1) is 0 Å². The number of nitrogens with one attached hydrogen (secondary N) is 1. The maximum atomic E-state index is 13.0. The Morgan fingerprint density at radius 1 is 0.886 bits per heavy atom. The Hall–Kier alpha value is -3.62. The minimum Gasteiger partial charge on any atom is -0.485 e. The van der Waals surface area contributed by atoms with Gasteiger partial charge in [0.1, 0.15) is 12.4 Å². The number of halogens is 1. The lowest BCUT2D eigenvalue weighted by molar-refractivity contribution is -0.150. The van der Waals surface area contributed by atoms with Crippen molar-refractivity contribution in [3.05, 3.63) is 101 Å². The molecule has 1 N–H and O–H groups in total. The molecule has 2 amide bonds. The van der Waals surface area contributed by atoms with E-state index in [1.165, 1.54) is 0 Å². The standard InChI is InChI=1S/C26H20ClNO6S/c27-21-9-5-4-8-20(21)22(29)16-33-19-12-10-17(11-13-19)14-26(23(30)28-25(32)35-26)24(31)34-15-18-6-2-1-3-7-18/h1-13H,14-16H2,(H,28,30,32)/t26-/m0/s1. The number of hydrogen-bond acceptors (Lipinski definition) is 7. The van der Waals surface area contributed by atoms with Crippen LogP contribution in [0.5, 0.6) is 5.75 Å².